The third kappa shape index (κ3) is 3.51. The molecule has 1 aliphatic heterocycles. The fourth-order valence-corrected chi connectivity index (χ4v) is 4.05. The van der Waals surface area contributed by atoms with Crippen molar-refractivity contribution in [1.29, 1.82) is 0 Å². The molecule has 3 rings (SSSR count). The zero-order chi connectivity index (χ0) is 17.0. The average molecular weight is 331 g/mol. The molecule has 2 aliphatic rings. The third-order valence-electron chi connectivity index (χ3n) is 5.59. The second-order valence-corrected chi connectivity index (χ2v) is 6.95. The Balaban J connectivity index is 1.51. The van der Waals surface area contributed by atoms with Gasteiger partial charge >= 0.3 is 0 Å². The number of piperidine rings is 1. The zero-order valence-corrected chi connectivity index (χ0v) is 14.6. The molecular weight excluding hydrogens is 302 g/mol. The van der Waals surface area contributed by atoms with E-state index >= 15 is 0 Å². The minimum atomic E-state index is -0.183. The summed E-state index contributed by atoms with van der Waals surface area (Å²) in [6.45, 7) is 9.97. The normalized spacial score (nSPS) is 26.1. The van der Waals surface area contributed by atoms with Gasteiger partial charge in [-0.15, -0.1) is 0 Å². The van der Waals surface area contributed by atoms with Gasteiger partial charge in [-0.25, -0.2) is 0 Å². The molecule has 1 aromatic rings. The van der Waals surface area contributed by atoms with Gasteiger partial charge in [0.15, 0.2) is 0 Å². The minimum absolute atomic E-state index is 0.00882. The molecule has 4 heteroatoms. The number of likely N-dealkylation sites (tertiary alicyclic amines) is 1. The predicted molar refractivity (Wildman–Crippen MR) is 95.1 cm³/mol. The summed E-state index contributed by atoms with van der Waals surface area (Å²) in [5.41, 5.74) is 1.31. The first kappa shape index (κ1) is 17.5. The van der Waals surface area contributed by atoms with Gasteiger partial charge in [-0.05, 0) is 50.6 Å². The van der Waals surface area contributed by atoms with Crippen molar-refractivity contribution in [3.8, 4) is 5.75 Å². The van der Waals surface area contributed by atoms with E-state index < -0.39 is 0 Å². The molecule has 0 bridgehead atoms. The van der Waals surface area contributed by atoms with E-state index in [9.17, 15) is 5.11 Å². The van der Waals surface area contributed by atoms with Crippen LogP contribution in [0.25, 0.3) is 0 Å². The Hall–Kier alpha value is -1.36. The first-order valence-corrected chi connectivity index (χ1v) is 9.02. The number of ether oxygens (including phenoxy) is 2. The summed E-state index contributed by atoms with van der Waals surface area (Å²) in [5.74, 6) is 0.883. The van der Waals surface area contributed by atoms with Gasteiger partial charge in [0, 0.05) is 25.0 Å². The van der Waals surface area contributed by atoms with Gasteiger partial charge < -0.3 is 14.6 Å². The van der Waals surface area contributed by atoms with E-state index in [1.165, 1.54) is 5.56 Å². The summed E-state index contributed by atoms with van der Waals surface area (Å²) >= 11 is 0. The number of aliphatic hydroxyl groups excluding tert-OH is 1. The quantitative estimate of drug-likeness (QED) is 0.780. The van der Waals surface area contributed by atoms with Gasteiger partial charge in [0.25, 0.3) is 0 Å². The highest BCUT2D eigenvalue weighted by Crippen LogP contribution is 2.51. The number of rotatable bonds is 7. The van der Waals surface area contributed by atoms with Crippen LogP contribution in [0.1, 0.15) is 31.7 Å². The first-order valence-electron chi connectivity index (χ1n) is 9.02. The molecule has 24 heavy (non-hydrogen) atoms. The van der Waals surface area contributed by atoms with Crippen LogP contribution in [0.3, 0.4) is 0 Å². The second kappa shape index (κ2) is 7.68. The Morgan fingerprint density at radius 2 is 2.00 bits per heavy atom. The fourth-order valence-electron chi connectivity index (χ4n) is 4.05. The zero-order valence-electron chi connectivity index (χ0n) is 14.6. The van der Waals surface area contributed by atoms with Gasteiger partial charge in [0.2, 0.25) is 0 Å². The summed E-state index contributed by atoms with van der Waals surface area (Å²) in [6.07, 6.45) is 4.68. The van der Waals surface area contributed by atoms with Crippen molar-refractivity contribution >= 4 is 0 Å². The number of hydrogen-bond acceptors (Lipinski definition) is 4. The molecule has 132 valence electrons. The molecule has 0 radical (unpaired) electrons. The van der Waals surface area contributed by atoms with Crippen LogP contribution >= 0.6 is 0 Å². The molecule has 1 aliphatic carbocycles. The van der Waals surface area contributed by atoms with Crippen LogP contribution in [0, 0.1) is 5.41 Å². The molecule has 2 atom stereocenters. The van der Waals surface area contributed by atoms with Gasteiger partial charge in [0.1, 0.15) is 12.4 Å². The Bertz CT molecular complexity index is 532. The molecule has 1 spiro atoms. The van der Waals surface area contributed by atoms with Gasteiger partial charge in [-0.2, -0.15) is 0 Å². The van der Waals surface area contributed by atoms with Gasteiger partial charge in [0.05, 0.1) is 12.2 Å². The highest BCUT2D eigenvalue weighted by atomic mass is 16.5. The monoisotopic (exact) mass is 331 g/mol. The minimum Gasteiger partial charge on any atom is -0.490 e. The maximum Gasteiger partial charge on any atom is 0.119 e. The summed E-state index contributed by atoms with van der Waals surface area (Å²) in [6, 6.07) is 8.30. The van der Waals surface area contributed by atoms with E-state index in [1.54, 1.807) is 6.08 Å². The lowest BCUT2D eigenvalue weighted by molar-refractivity contribution is -0.209. The third-order valence-corrected chi connectivity index (χ3v) is 5.59. The van der Waals surface area contributed by atoms with Gasteiger partial charge in [-0.1, -0.05) is 24.8 Å². The smallest absolute Gasteiger partial charge is 0.119 e. The highest BCUT2D eigenvalue weighted by molar-refractivity contribution is 5.27. The maximum atomic E-state index is 10.3. The number of nitrogens with zero attached hydrogens (tertiary/aromatic N) is 1. The van der Waals surface area contributed by atoms with Crippen LogP contribution in [-0.2, 0) is 11.3 Å². The van der Waals surface area contributed by atoms with Crippen molar-refractivity contribution < 1.29 is 14.6 Å². The number of aliphatic hydroxyl groups is 1. The molecule has 1 saturated heterocycles. The number of benzene rings is 1. The van der Waals surface area contributed by atoms with E-state index in [4.69, 9.17) is 9.47 Å². The van der Waals surface area contributed by atoms with E-state index in [2.05, 4.69) is 23.6 Å². The molecule has 1 aromatic carbocycles. The molecule has 4 nitrogen and oxygen atoms in total. The van der Waals surface area contributed by atoms with E-state index in [0.717, 1.165) is 51.3 Å². The SMILES string of the molecule is C=CCOc1ccc(CN2CCC3(CC2)C(O)CC3OCC)cc1. The van der Waals surface area contributed by atoms with Crippen molar-refractivity contribution in [2.75, 3.05) is 26.3 Å². The first-order chi connectivity index (χ1) is 11.7. The van der Waals surface area contributed by atoms with Crippen molar-refractivity contribution in [3.63, 3.8) is 0 Å². The van der Waals surface area contributed by atoms with Gasteiger partial charge in [-0.3, -0.25) is 4.90 Å². The molecule has 2 unspecified atom stereocenters. The topological polar surface area (TPSA) is 41.9 Å². The van der Waals surface area contributed by atoms with E-state index in [1.807, 2.05) is 19.1 Å². The molecule has 1 saturated carbocycles. The van der Waals surface area contributed by atoms with Crippen LogP contribution in [0.2, 0.25) is 0 Å². The van der Waals surface area contributed by atoms with Crippen molar-refractivity contribution in [2.24, 2.45) is 5.41 Å². The maximum absolute atomic E-state index is 10.3. The van der Waals surface area contributed by atoms with Crippen LogP contribution in [-0.4, -0.2) is 48.5 Å². The molecule has 2 fully saturated rings. The van der Waals surface area contributed by atoms with Crippen molar-refractivity contribution in [1.82, 2.24) is 4.90 Å². The fraction of sp³-hybridized carbons (Fsp3) is 0.600. The van der Waals surface area contributed by atoms with Crippen LogP contribution in [0.4, 0.5) is 0 Å². The lowest BCUT2D eigenvalue weighted by atomic mass is 9.58. The summed E-state index contributed by atoms with van der Waals surface area (Å²) in [7, 11) is 0. The molecule has 1 heterocycles. The second-order valence-electron chi connectivity index (χ2n) is 6.95. The molecule has 1 N–H and O–H groups in total. The largest absolute Gasteiger partial charge is 0.490 e. The van der Waals surface area contributed by atoms with Crippen LogP contribution < -0.4 is 4.74 Å². The Labute approximate surface area is 145 Å². The van der Waals surface area contributed by atoms with Crippen molar-refractivity contribution in [2.45, 2.75) is 44.9 Å². The molecule has 0 aromatic heterocycles. The predicted octanol–water partition coefficient (Wildman–Crippen LogP) is 3.00. The van der Waals surface area contributed by atoms with Crippen molar-refractivity contribution in [3.05, 3.63) is 42.5 Å². The summed E-state index contributed by atoms with van der Waals surface area (Å²) in [4.78, 5) is 2.47. The standard InChI is InChI=1S/C20H29NO3/c1-3-13-24-17-7-5-16(6-8-17)15-21-11-9-20(10-12-21)18(22)14-19(20)23-4-2/h3,5-8,18-19,22H,1,4,9-15H2,2H3. The molecular formula is C20H29NO3. The lowest BCUT2D eigenvalue weighted by Gasteiger charge is -2.56. The molecule has 0 amide bonds. The number of hydrogen-bond donors (Lipinski definition) is 1. The Morgan fingerprint density at radius 1 is 1.29 bits per heavy atom. The lowest BCUT2D eigenvalue weighted by Crippen LogP contribution is -2.62. The van der Waals surface area contributed by atoms with Crippen LogP contribution in [0.15, 0.2) is 36.9 Å². The average Bonchev–Trinajstić information content (AvgIpc) is 2.62. The van der Waals surface area contributed by atoms with E-state index in [0.29, 0.717) is 6.61 Å². The Kier molecular flexibility index (Phi) is 5.59. The summed E-state index contributed by atoms with van der Waals surface area (Å²) < 4.78 is 11.4. The van der Waals surface area contributed by atoms with Crippen LogP contribution in [0.5, 0.6) is 5.75 Å². The Morgan fingerprint density at radius 3 is 2.58 bits per heavy atom. The highest BCUT2D eigenvalue weighted by Gasteiger charge is 2.55. The summed E-state index contributed by atoms with van der Waals surface area (Å²) in [5, 5.41) is 10.3. The van der Waals surface area contributed by atoms with E-state index in [-0.39, 0.29) is 17.6 Å².